The molecule has 106 valence electrons. The van der Waals surface area contributed by atoms with Crippen LogP contribution in [0.25, 0.3) is 0 Å². The molecule has 1 fully saturated rings. The predicted octanol–water partition coefficient (Wildman–Crippen LogP) is 2.73. The molecule has 1 aliphatic rings. The van der Waals surface area contributed by atoms with Crippen molar-refractivity contribution in [1.82, 2.24) is 15.2 Å². The van der Waals surface area contributed by atoms with Crippen molar-refractivity contribution in [2.45, 2.75) is 39.3 Å². The van der Waals surface area contributed by atoms with E-state index in [-0.39, 0.29) is 24.8 Å². The van der Waals surface area contributed by atoms with Crippen LogP contribution in [0.2, 0.25) is 0 Å². The molecule has 18 heavy (non-hydrogen) atoms. The fourth-order valence-electron chi connectivity index (χ4n) is 2.14. The van der Waals surface area contributed by atoms with Crippen molar-refractivity contribution in [2.75, 3.05) is 19.6 Å². The largest absolute Gasteiger partial charge is 0.312 e. The zero-order chi connectivity index (χ0) is 11.4. The molecule has 6 heteroatoms. The van der Waals surface area contributed by atoms with Crippen LogP contribution >= 0.6 is 36.2 Å². The SMILES string of the molecule is CCCc1nc(CN2CCNC(C)C2)cs1.Cl.Cl. The topological polar surface area (TPSA) is 28.2 Å². The lowest BCUT2D eigenvalue weighted by Crippen LogP contribution is -2.48. The van der Waals surface area contributed by atoms with Gasteiger partial charge in [0.15, 0.2) is 0 Å². The Morgan fingerprint density at radius 1 is 1.50 bits per heavy atom. The minimum absolute atomic E-state index is 0. The molecular weight excluding hydrogens is 289 g/mol. The van der Waals surface area contributed by atoms with Crippen LogP contribution in [0.4, 0.5) is 0 Å². The average molecular weight is 312 g/mol. The molecule has 0 radical (unpaired) electrons. The molecule has 1 atom stereocenters. The normalized spacial score (nSPS) is 20.0. The number of nitrogens with zero attached hydrogens (tertiary/aromatic N) is 2. The molecular formula is C12H23Cl2N3S. The van der Waals surface area contributed by atoms with Crippen LogP contribution in [0, 0.1) is 0 Å². The summed E-state index contributed by atoms with van der Waals surface area (Å²) < 4.78 is 0. The fourth-order valence-corrected chi connectivity index (χ4v) is 3.03. The third kappa shape index (κ3) is 5.41. The highest BCUT2D eigenvalue weighted by Gasteiger charge is 2.16. The summed E-state index contributed by atoms with van der Waals surface area (Å²) in [6, 6.07) is 0.613. The third-order valence-corrected chi connectivity index (χ3v) is 3.86. The molecule has 0 spiro atoms. The van der Waals surface area contributed by atoms with E-state index in [2.05, 4.69) is 34.4 Å². The Hall–Kier alpha value is 0.130. The maximum absolute atomic E-state index is 4.68. The minimum Gasteiger partial charge on any atom is -0.312 e. The minimum atomic E-state index is 0. The Morgan fingerprint density at radius 2 is 2.28 bits per heavy atom. The summed E-state index contributed by atoms with van der Waals surface area (Å²) in [7, 11) is 0. The number of aryl methyl sites for hydroxylation is 1. The number of hydrogen-bond donors (Lipinski definition) is 1. The first-order valence-electron chi connectivity index (χ1n) is 6.17. The van der Waals surface area contributed by atoms with Gasteiger partial charge in [0.1, 0.15) is 0 Å². The van der Waals surface area contributed by atoms with Crippen molar-refractivity contribution < 1.29 is 0 Å². The van der Waals surface area contributed by atoms with E-state index in [1.807, 2.05) is 11.3 Å². The van der Waals surface area contributed by atoms with E-state index in [0.29, 0.717) is 6.04 Å². The Morgan fingerprint density at radius 3 is 2.94 bits per heavy atom. The van der Waals surface area contributed by atoms with Gasteiger partial charge in [-0.1, -0.05) is 6.92 Å². The van der Waals surface area contributed by atoms with E-state index < -0.39 is 0 Å². The first-order valence-corrected chi connectivity index (χ1v) is 7.05. The monoisotopic (exact) mass is 311 g/mol. The van der Waals surface area contributed by atoms with Crippen molar-refractivity contribution in [3.8, 4) is 0 Å². The van der Waals surface area contributed by atoms with Crippen LogP contribution < -0.4 is 5.32 Å². The van der Waals surface area contributed by atoms with Crippen LogP contribution in [0.3, 0.4) is 0 Å². The lowest BCUT2D eigenvalue weighted by atomic mass is 10.2. The molecule has 2 heterocycles. The summed E-state index contributed by atoms with van der Waals surface area (Å²) in [5, 5.41) is 6.98. The van der Waals surface area contributed by atoms with Gasteiger partial charge in [-0.05, 0) is 19.8 Å². The Labute approximate surface area is 126 Å². The molecule has 2 rings (SSSR count). The summed E-state index contributed by atoms with van der Waals surface area (Å²) in [6.07, 6.45) is 2.32. The maximum Gasteiger partial charge on any atom is 0.0928 e. The first kappa shape index (κ1) is 18.1. The fraction of sp³-hybridized carbons (Fsp3) is 0.750. The lowest BCUT2D eigenvalue weighted by Gasteiger charge is -2.31. The smallest absolute Gasteiger partial charge is 0.0928 e. The maximum atomic E-state index is 4.68. The molecule has 1 unspecified atom stereocenters. The highest BCUT2D eigenvalue weighted by atomic mass is 35.5. The van der Waals surface area contributed by atoms with Crippen molar-refractivity contribution >= 4 is 36.2 Å². The van der Waals surface area contributed by atoms with E-state index in [0.717, 1.165) is 32.6 Å². The van der Waals surface area contributed by atoms with E-state index in [9.17, 15) is 0 Å². The number of halogens is 2. The van der Waals surface area contributed by atoms with Crippen molar-refractivity contribution in [3.63, 3.8) is 0 Å². The van der Waals surface area contributed by atoms with Gasteiger partial charge >= 0.3 is 0 Å². The number of nitrogens with one attached hydrogen (secondary N) is 1. The molecule has 0 aliphatic carbocycles. The lowest BCUT2D eigenvalue weighted by molar-refractivity contribution is 0.198. The van der Waals surface area contributed by atoms with E-state index in [4.69, 9.17) is 0 Å². The average Bonchev–Trinajstić information content (AvgIpc) is 2.66. The van der Waals surface area contributed by atoms with Gasteiger partial charge in [0.25, 0.3) is 0 Å². The van der Waals surface area contributed by atoms with Crippen LogP contribution in [0.1, 0.15) is 31.0 Å². The number of aromatic nitrogens is 1. The third-order valence-electron chi connectivity index (χ3n) is 2.90. The molecule has 0 aromatic carbocycles. The summed E-state index contributed by atoms with van der Waals surface area (Å²) in [5.41, 5.74) is 1.25. The molecule has 1 aromatic rings. The number of rotatable bonds is 4. The second-order valence-corrected chi connectivity index (χ2v) is 5.52. The van der Waals surface area contributed by atoms with E-state index >= 15 is 0 Å². The summed E-state index contributed by atoms with van der Waals surface area (Å²) >= 11 is 1.81. The number of piperazine rings is 1. The number of hydrogen-bond acceptors (Lipinski definition) is 4. The molecule has 0 bridgehead atoms. The molecule has 1 aromatic heterocycles. The van der Waals surface area contributed by atoms with E-state index in [1.54, 1.807) is 0 Å². The van der Waals surface area contributed by atoms with Gasteiger partial charge in [-0.15, -0.1) is 36.2 Å². The predicted molar refractivity (Wildman–Crippen MR) is 83.3 cm³/mol. The van der Waals surface area contributed by atoms with Crippen LogP contribution in [0.5, 0.6) is 0 Å². The van der Waals surface area contributed by atoms with Gasteiger partial charge < -0.3 is 5.32 Å². The van der Waals surface area contributed by atoms with Gasteiger partial charge in [-0.3, -0.25) is 4.90 Å². The number of thiazole rings is 1. The van der Waals surface area contributed by atoms with Gasteiger partial charge in [0.05, 0.1) is 10.7 Å². The van der Waals surface area contributed by atoms with Crippen LogP contribution in [0.15, 0.2) is 5.38 Å². The first-order chi connectivity index (χ1) is 7.78. The van der Waals surface area contributed by atoms with Crippen LogP contribution in [-0.2, 0) is 13.0 Å². The van der Waals surface area contributed by atoms with Gasteiger partial charge in [0, 0.05) is 37.6 Å². The van der Waals surface area contributed by atoms with E-state index in [1.165, 1.54) is 17.1 Å². The molecule has 1 N–H and O–H groups in total. The Balaban J connectivity index is 0.00000144. The quantitative estimate of drug-likeness (QED) is 0.926. The molecule has 1 aliphatic heterocycles. The summed E-state index contributed by atoms with van der Waals surface area (Å²) in [6.45, 7) is 8.86. The van der Waals surface area contributed by atoms with Crippen molar-refractivity contribution in [1.29, 1.82) is 0 Å². The molecule has 1 saturated heterocycles. The highest BCUT2D eigenvalue weighted by Crippen LogP contribution is 2.14. The van der Waals surface area contributed by atoms with Crippen molar-refractivity contribution in [3.05, 3.63) is 16.1 Å². The second-order valence-electron chi connectivity index (χ2n) is 4.57. The molecule has 3 nitrogen and oxygen atoms in total. The highest BCUT2D eigenvalue weighted by molar-refractivity contribution is 7.09. The molecule has 0 saturated carbocycles. The Bertz CT molecular complexity index is 333. The summed E-state index contributed by atoms with van der Waals surface area (Å²) in [4.78, 5) is 7.17. The van der Waals surface area contributed by atoms with Crippen molar-refractivity contribution in [2.24, 2.45) is 0 Å². The second kappa shape index (κ2) is 9.10. The Kier molecular flexibility index (Phi) is 9.17. The van der Waals surface area contributed by atoms with Gasteiger partial charge in [0.2, 0.25) is 0 Å². The van der Waals surface area contributed by atoms with Crippen LogP contribution in [-0.4, -0.2) is 35.6 Å². The molecule has 0 amide bonds. The zero-order valence-electron chi connectivity index (χ0n) is 11.0. The zero-order valence-corrected chi connectivity index (χ0v) is 13.5. The van der Waals surface area contributed by atoms with Gasteiger partial charge in [-0.25, -0.2) is 4.98 Å². The standard InChI is InChI=1S/C12H21N3S.2ClH/c1-3-4-12-14-11(9-16-12)8-15-6-5-13-10(2)7-15;;/h9-10,13H,3-8H2,1-2H3;2*1H. The van der Waals surface area contributed by atoms with Gasteiger partial charge in [-0.2, -0.15) is 0 Å². The summed E-state index contributed by atoms with van der Waals surface area (Å²) in [5.74, 6) is 0.